The van der Waals surface area contributed by atoms with Crippen LogP contribution in [0.2, 0.25) is 0 Å². The van der Waals surface area contributed by atoms with Gasteiger partial charge in [0.05, 0.1) is 16.6 Å². The van der Waals surface area contributed by atoms with Crippen molar-refractivity contribution in [3.63, 3.8) is 0 Å². The molecule has 4 rings (SSSR count). The average molecular weight is 417 g/mol. The first-order chi connectivity index (χ1) is 14.1. The quantitative estimate of drug-likeness (QED) is 0.771. The van der Waals surface area contributed by atoms with Gasteiger partial charge in [-0.05, 0) is 44.6 Å². The first-order valence-corrected chi connectivity index (χ1v) is 11.4. The lowest BCUT2D eigenvalue weighted by molar-refractivity contribution is -0.132. The molecule has 0 spiro atoms. The zero-order valence-electron chi connectivity index (χ0n) is 17.0. The zero-order valence-corrected chi connectivity index (χ0v) is 17.8. The van der Waals surface area contributed by atoms with Crippen LogP contribution in [0.5, 0.6) is 0 Å². The highest BCUT2D eigenvalue weighted by Crippen LogP contribution is 2.28. The van der Waals surface area contributed by atoms with E-state index in [0.717, 1.165) is 71.1 Å². The van der Waals surface area contributed by atoms with Crippen LogP contribution in [0.4, 0.5) is 0 Å². The van der Waals surface area contributed by atoms with E-state index >= 15 is 0 Å². The van der Waals surface area contributed by atoms with Crippen molar-refractivity contribution in [2.75, 3.05) is 26.2 Å². The number of hydrogen-bond acceptors (Lipinski definition) is 5. The van der Waals surface area contributed by atoms with Gasteiger partial charge in [-0.1, -0.05) is 12.8 Å². The Hall–Kier alpha value is -2.22. The third-order valence-corrected chi connectivity index (χ3v) is 7.21. The molecule has 156 valence electrons. The first kappa shape index (κ1) is 20.1. The Kier molecular flexibility index (Phi) is 5.99. The van der Waals surface area contributed by atoms with Crippen molar-refractivity contribution in [3.8, 4) is 0 Å². The van der Waals surface area contributed by atoms with Crippen molar-refractivity contribution in [2.24, 2.45) is 0 Å². The molecule has 2 aromatic rings. The fourth-order valence-corrected chi connectivity index (χ4v) is 5.39. The minimum atomic E-state index is -0.232. The summed E-state index contributed by atoms with van der Waals surface area (Å²) in [6.45, 7) is 4.89. The molecule has 8 heteroatoms. The van der Waals surface area contributed by atoms with E-state index in [0.29, 0.717) is 20.7 Å². The second-order valence-corrected chi connectivity index (χ2v) is 9.06. The molecule has 0 bridgehead atoms. The first-order valence-electron chi connectivity index (χ1n) is 10.6. The summed E-state index contributed by atoms with van der Waals surface area (Å²) in [4.78, 5) is 48.0. The maximum absolute atomic E-state index is 13.1. The van der Waals surface area contributed by atoms with E-state index in [1.165, 1.54) is 22.2 Å². The van der Waals surface area contributed by atoms with E-state index < -0.39 is 0 Å². The van der Waals surface area contributed by atoms with E-state index in [1.807, 2.05) is 16.7 Å². The van der Waals surface area contributed by atoms with Crippen LogP contribution in [0, 0.1) is 6.92 Å². The Labute approximate surface area is 174 Å². The molecule has 0 radical (unpaired) electrons. The molecule has 2 aliphatic rings. The number of carbonyl (C=O) groups excluding carboxylic acids is 2. The highest BCUT2D eigenvalue weighted by Gasteiger charge is 2.25. The van der Waals surface area contributed by atoms with E-state index in [9.17, 15) is 14.4 Å². The molecule has 2 fully saturated rings. The summed E-state index contributed by atoms with van der Waals surface area (Å²) in [5.41, 5.74) is 0.459. The minimum Gasteiger partial charge on any atom is -0.341 e. The van der Waals surface area contributed by atoms with Crippen molar-refractivity contribution in [2.45, 2.75) is 58.4 Å². The number of carbonyl (C=O) groups is 2. The van der Waals surface area contributed by atoms with Gasteiger partial charge in [0.25, 0.3) is 11.5 Å². The predicted octanol–water partition coefficient (Wildman–Crippen LogP) is 2.80. The molecule has 0 saturated carbocycles. The Balaban J connectivity index is 1.61. The van der Waals surface area contributed by atoms with Gasteiger partial charge in [0.15, 0.2) is 0 Å². The molecular weight excluding hydrogens is 388 g/mol. The number of aromatic nitrogens is 2. The van der Waals surface area contributed by atoms with Crippen molar-refractivity contribution < 1.29 is 9.59 Å². The summed E-state index contributed by atoms with van der Waals surface area (Å²) in [7, 11) is 0. The number of amides is 2. The SMILES string of the molecule is Cc1c(C(=O)N2CCCCCC2)sc2ncn(CC(=O)N3CCCCC3)c(=O)c12. The Morgan fingerprint density at radius 3 is 2.21 bits per heavy atom. The van der Waals surface area contributed by atoms with E-state index in [-0.39, 0.29) is 23.9 Å². The number of likely N-dealkylation sites (tertiary alicyclic amines) is 2. The lowest BCUT2D eigenvalue weighted by Crippen LogP contribution is -2.39. The van der Waals surface area contributed by atoms with Crippen molar-refractivity contribution in [1.29, 1.82) is 0 Å². The normalized spacial score (nSPS) is 18.1. The second kappa shape index (κ2) is 8.65. The highest BCUT2D eigenvalue weighted by molar-refractivity contribution is 7.20. The van der Waals surface area contributed by atoms with Gasteiger partial charge >= 0.3 is 0 Å². The number of rotatable bonds is 3. The molecular formula is C21H28N4O3S. The van der Waals surface area contributed by atoms with Gasteiger partial charge in [0.2, 0.25) is 5.91 Å². The van der Waals surface area contributed by atoms with Gasteiger partial charge in [-0.2, -0.15) is 0 Å². The predicted molar refractivity (Wildman–Crippen MR) is 113 cm³/mol. The van der Waals surface area contributed by atoms with Gasteiger partial charge in [-0.15, -0.1) is 11.3 Å². The fourth-order valence-electron chi connectivity index (χ4n) is 4.28. The molecule has 0 N–H and O–H groups in total. The molecule has 0 atom stereocenters. The summed E-state index contributed by atoms with van der Waals surface area (Å²) in [6, 6.07) is 0. The van der Waals surface area contributed by atoms with Gasteiger partial charge in [-0.25, -0.2) is 4.98 Å². The van der Waals surface area contributed by atoms with E-state index in [4.69, 9.17) is 0 Å². The smallest absolute Gasteiger partial charge is 0.264 e. The molecule has 0 unspecified atom stereocenters. The van der Waals surface area contributed by atoms with E-state index in [2.05, 4.69) is 4.98 Å². The largest absolute Gasteiger partial charge is 0.341 e. The van der Waals surface area contributed by atoms with Crippen LogP contribution < -0.4 is 5.56 Å². The maximum atomic E-state index is 13.1. The number of hydrogen-bond donors (Lipinski definition) is 0. The Bertz CT molecular complexity index is 966. The molecule has 2 amide bonds. The molecule has 0 aliphatic carbocycles. The topological polar surface area (TPSA) is 75.5 Å². The van der Waals surface area contributed by atoms with Crippen molar-refractivity contribution >= 4 is 33.4 Å². The summed E-state index contributed by atoms with van der Waals surface area (Å²) in [5.74, 6) is -0.0376. The average Bonchev–Trinajstić information content (AvgIpc) is 2.91. The number of fused-ring (bicyclic) bond motifs is 1. The third kappa shape index (κ3) is 4.08. The monoisotopic (exact) mass is 416 g/mol. The maximum Gasteiger partial charge on any atom is 0.264 e. The fraction of sp³-hybridized carbons (Fsp3) is 0.619. The Morgan fingerprint density at radius 1 is 0.966 bits per heavy atom. The lowest BCUT2D eigenvalue weighted by Gasteiger charge is -2.26. The van der Waals surface area contributed by atoms with Crippen LogP contribution in [0.15, 0.2) is 11.1 Å². The molecule has 2 aliphatic heterocycles. The molecule has 4 heterocycles. The minimum absolute atomic E-state index is 0.00254. The number of piperidine rings is 1. The number of nitrogens with zero attached hydrogens (tertiary/aromatic N) is 4. The summed E-state index contributed by atoms with van der Waals surface area (Å²) in [5, 5.41) is 0.474. The summed E-state index contributed by atoms with van der Waals surface area (Å²) in [6.07, 6.45) is 9.01. The van der Waals surface area contributed by atoms with Crippen LogP contribution in [0.1, 0.15) is 60.2 Å². The third-order valence-electron chi connectivity index (χ3n) is 6.02. The molecule has 0 aromatic carbocycles. The molecule has 2 saturated heterocycles. The zero-order chi connectivity index (χ0) is 20.4. The second-order valence-electron chi connectivity index (χ2n) is 8.06. The van der Waals surface area contributed by atoms with Crippen LogP contribution in [0.3, 0.4) is 0 Å². The van der Waals surface area contributed by atoms with Crippen molar-refractivity contribution in [3.05, 3.63) is 27.1 Å². The number of aryl methyl sites for hydroxylation is 1. The van der Waals surface area contributed by atoms with Gasteiger partial charge in [0, 0.05) is 26.2 Å². The van der Waals surface area contributed by atoms with Crippen LogP contribution >= 0.6 is 11.3 Å². The Morgan fingerprint density at radius 2 is 1.55 bits per heavy atom. The van der Waals surface area contributed by atoms with Gasteiger partial charge in [-0.3, -0.25) is 19.0 Å². The molecule has 29 heavy (non-hydrogen) atoms. The van der Waals surface area contributed by atoms with Gasteiger partial charge in [0.1, 0.15) is 11.4 Å². The van der Waals surface area contributed by atoms with Crippen LogP contribution in [0.25, 0.3) is 10.2 Å². The molecule has 7 nitrogen and oxygen atoms in total. The molecule has 2 aromatic heterocycles. The highest BCUT2D eigenvalue weighted by atomic mass is 32.1. The van der Waals surface area contributed by atoms with Crippen LogP contribution in [-0.4, -0.2) is 57.3 Å². The van der Waals surface area contributed by atoms with Crippen LogP contribution in [-0.2, 0) is 11.3 Å². The standard InChI is InChI=1S/C21H28N4O3S/c1-15-17-19(29-18(15)21(28)24-11-5-2-3-6-12-24)22-14-25(20(17)27)13-16(26)23-9-7-4-8-10-23/h14H,2-13H2,1H3. The number of thiophene rings is 1. The summed E-state index contributed by atoms with van der Waals surface area (Å²) >= 11 is 1.29. The summed E-state index contributed by atoms with van der Waals surface area (Å²) < 4.78 is 1.39. The van der Waals surface area contributed by atoms with Gasteiger partial charge < -0.3 is 9.80 Å². The van der Waals surface area contributed by atoms with Crippen molar-refractivity contribution in [1.82, 2.24) is 19.4 Å². The van der Waals surface area contributed by atoms with E-state index in [1.54, 1.807) is 0 Å². The lowest BCUT2D eigenvalue weighted by atomic mass is 10.1.